The van der Waals surface area contributed by atoms with Gasteiger partial charge in [0.2, 0.25) is 5.91 Å². The Morgan fingerprint density at radius 3 is 2.48 bits per heavy atom. The van der Waals surface area contributed by atoms with E-state index in [2.05, 4.69) is 20.1 Å². The fraction of sp³-hybridized carbons (Fsp3) is 0.905. The fourth-order valence-electron chi connectivity index (χ4n) is 3.57. The standard InChI is InChI=1S/C21H41N5O4.HI/c1-24(2)20(27)18-23-21(22-8-4-9-25-12-16-29-17-13-25)26-10-6-19(7-11-26)30-15-5-14-28-3;/h19H,4-18H2,1-3H3,(H,22,23);1H. The summed E-state index contributed by atoms with van der Waals surface area (Å²) >= 11 is 0. The van der Waals surface area contributed by atoms with E-state index < -0.39 is 0 Å². The summed E-state index contributed by atoms with van der Waals surface area (Å²) in [6, 6.07) is 0. The molecule has 0 aromatic rings. The molecule has 2 aliphatic heterocycles. The maximum Gasteiger partial charge on any atom is 0.243 e. The number of carbonyl (C=O) groups is 1. The molecule has 10 heteroatoms. The van der Waals surface area contributed by atoms with E-state index in [1.54, 1.807) is 26.1 Å². The molecule has 9 nitrogen and oxygen atoms in total. The van der Waals surface area contributed by atoms with Gasteiger partial charge in [-0.3, -0.25) is 9.69 Å². The van der Waals surface area contributed by atoms with Gasteiger partial charge in [-0.1, -0.05) is 0 Å². The molecule has 0 aromatic heterocycles. The van der Waals surface area contributed by atoms with Crippen LogP contribution in [0.1, 0.15) is 25.7 Å². The molecule has 0 unspecified atom stereocenters. The Morgan fingerprint density at radius 1 is 1.13 bits per heavy atom. The zero-order valence-corrected chi connectivity index (χ0v) is 21.8. The van der Waals surface area contributed by atoms with E-state index in [1.807, 2.05) is 0 Å². The van der Waals surface area contributed by atoms with Crippen molar-refractivity contribution < 1.29 is 19.0 Å². The van der Waals surface area contributed by atoms with Crippen LogP contribution >= 0.6 is 24.0 Å². The monoisotopic (exact) mass is 555 g/mol. The number of guanidine groups is 1. The van der Waals surface area contributed by atoms with Crippen molar-refractivity contribution in [3.05, 3.63) is 0 Å². The molecule has 0 bridgehead atoms. The summed E-state index contributed by atoms with van der Waals surface area (Å²) in [7, 11) is 5.24. The number of hydrogen-bond acceptors (Lipinski definition) is 6. The highest BCUT2D eigenvalue weighted by Gasteiger charge is 2.22. The predicted octanol–water partition coefficient (Wildman–Crippen LogP) is 0.878. The molecule has 0 radical (unpaired) electrons. The summed E-state index contributed by atoms with van der Waals surface area (Å²) in [6.07, 6.45) is 4.22. The van der Waals surface area contributed by atoms with Crippen molar-refractivity contribution in [2.45, 2.75) is 31.8 Å². The Balaban J connectivity index is 0.00000480. The number of morpholine rings is 1. The van der Waals surface area contributed by atoms with Crippen LogP contribution in [0.4, 0.5) is 0 Å². The predicted molar refractivity (Wildman–Crippen MR) is 133 cm³/mol. The van der Waals surface area contributed by atoms with Gasteiger partial charge in [-0.05, 0) is 32.2 Å². The third kappa shape index (κ3) is 11.7. The number of likely N-dealkylation sites (tertiary alicyclic amines) is 1. The van der Waals surface area contributed by atoms with Crippen LogP contribution in [0, 0.1) is 0 Å². The highest BCUT2D eigenvalue weighted by molar-refractivity contribution is 14.0. The quantitative estimate of drug-likeness (QED) is 0.176. The molecule has 0 aliphatic carbocycles. The van der Waals surface area contributed by atoms with Crippen LogP contribution in [0.25, 0.3) is 0 Å². The molecule has 2 heterocycles. The first-order chi connectivity index (χ1) is 14.6. The van der Waals surface area contributed by atoms with E-state index in [0.717, 1.165) is 97.3 Å². The molecule has 2 fully saturated rings. The summed E-state index contributed by atoms with van der Waals surface area (Å²) in [5, 5.41) is 3.49. The van der Waals surface area contributed by atoms with E-state index in [9.17, 15) is 4.79 Å². The third-order valence-electron chi connectivity index (χ3n) is 5.49. The normalized spacial score (nSPS) is 18.5. The summed E-state index contributed by atoms with van der Waals surface area (Å²) in [4.78, 5) is 22.9. The highest BCUT2D eigenvalue weighted by Crippen LogP contribution is 2.14. The highest BCUT2D eigenvalue weighted by atomic mass is 127. The fourth-order valence-corrected chi connectivity index (χ4v) is 3.57. The van der Waals surface area contributed by atoms with Crippen LogP contribution in [-0.4, -0.2) is 126 Å². The van der Waals surface area contributed by atoms with Crippen LogP contribution in [0.15, 0.2) is 4.99 Å². The van der Waals surface area contributed by atoms with E-state index >= 15 is 0 Å². The number of carbonyl (C=O) groups excluding carboxylic acids is 1. The minimum atomic E-state index is 0. The van der Waals surface area contributed by atoms with Gasteiger partial charge in [0.15, 0.2) is 5.96 Å². The van der Waals surface area contributed by atoms with Crippen LogP contribution in [-0.2, 0) is 19.0 Å². The number of nitrogens with zero attached hydrogens (tertiary/aromatic N) is 4. The molecule has 2 rings (SSSR count). The summed E-state index contributed by atoms with van der Waals surface area (Å²) in [5.74, 6) is 0.851. The van der Waals surface area contributed by atoms with Crippen molar-refractivity contribution in [1.29, 1.82) is 0 Å². The topological polar surface area (TPSA) is 78.9 Å². The number of ether oxygens (including phenoxy) is 3. The molecule has 0 spiro atoms. The van der Waals surface area contributed by atoms with Gasteiger partial charge in [0, 0.05) is 67.1 Å². The lowest BCUT2D eigenvalue weighted by atomic mass is 10.1. The molecule has 182 valence electrons. The zero-order chi connectivity index (χ0) is 21.6. The Kier molecular flexibility index (Phi) is 15.4. The second kappa shape index (κ2) is 16.9. The lowest BCUT2D eigenvalue weighted by molar-refractivity contribution is -0.127. The smallest absolute Gasteiger partial charge is 0.243 e. The molecule has 0 atom stereocenters. The van der Waals surface area contributed by atoms with Crippen LogP contribution in [0.3, 0.4) is 0 Å². The van der Waals surface area contributed by atoms with Crippen LogP contribution in [0.5, 0.6) is 0 Å². The average Bonchev–Trinajstić information content (AvgIpc) is 2.77. The van der Waals surface area contributed by atoms with E-state index in [0.29, 0.717) is 6.10 Å². The van der Waals surface area contributed by atoms with Crippen molar-refractivity contribution in [2.75, 3.05) is 93.4 Å². The van der Waals surface area contributed by atoms with Gasteiger partial charge in [0.05, 0.1) is 19.3 Å². The Hall–Kier alpha value is -0.690. The number of halogens is 1. The Bertz CT molecular complexity index is 510. The average molecular weight is 556 g/mol. The molecule has 1 amide bonds. The number of hydrogen-bond donors (Lipinski definition) is 1. The number of piperidine rings is 1. The number of amides is 1. The summed E-state index contributed by atoms with van der Waals surface area (Å²) in [5.41, 5.74) is 0. The first kappa shape index (κ1) is 28.3. The number of likely N-dealkylation sites (N-methyl/N-ethyl adjacent to an activating group) is 1. The lowest BCUT2D eigenvalue weighted by Gasteiger charge is -2.34. The first-order valence-electron chi connectivity index (χ1n) is 11.2. The third-order valence-corrected chi connectivity index (χ3v) is 5.49. The zero-order valence-electron chi connectivity index (χ0n) is 19.5. The molecule has 2 aliphatic rings. The number of nitrogens with one attached hydrogen (secondary N) is 1. The largest absolute Gasteiger partial charge is 0.385 e. The number of methoxy groups -OCH3 is 1. The molecule has 1 N–H and O–H groups in total. The van der Waals surface area contributed by atoms with Crippen molar-refractivity contribution in [1.82, 2.24) is 20.0 Å². The maximum absolute atomic E-state index is 12.0. The Labute approximate surface area is 204 Å². The van der Waals surface area contributed by atoms with Gasteiger partial charge in [-0.2, -0.15) is 0 Å². The molecule has 2 saturated heterocycles. The van der Waals surface area contributed by atoms with E-state index in [1.165, 1.54) is 0 Å². The molecular formula is C21H42IN5O4. The summed E-state index contributed by atoms with van der Waals surface area (Å²) < 4.78 is 16.4. The van der Waals surface area contributed by atoms with Gasteiger partial charge in [-0.15, -0.1) is 24.0 Å². The maximum atomic E-state index is 12.0. The van der Waals surface area contributed by atoms with Crippen LogP contribution in [0.2, 0.25) is 0 Å². The second-order valence-electron chi connectivity index (χ2n) is 8.07. The number of aliphatic imine (C=N–C) groups is 1. The molecular weight excluding hydrogens is 513 g/mol. The molecule has 31 heavy (non-hydrogen) atoms. The van der Waals surface area contributed by atoms with Gasteiger partial charge in [0.1, 0.15) is 6.54 Å². The van der Waals surface area contributed by atoms with E-state index in [4.69, 9.17) is 14.2 Å². The van der Waals surface area contributed by atoms with Crippen molar-refractivity contribution in [3.63, 3.8) is 0 Å². The number of rotatable bonds is 11. The van der Waals surface area contributed by atoms with Gasteiger partial charge in [0.25, 0.3) is 0 Å². The lowest BCUT2D eigenvalue weighted by Crippen LogP contribution is -2.48. The van der Waals surface area contributed by atoms with Gasteiger partial charge in [-0.25, -0.2) is 4.99 Å². The van der Waals surface area contributed by atoms with E-state index in [-0.39, 0.29) is 36.4 Å². The van der Waals surface area contributed by atoms with Gasteiger partial charge >= 0.3 is 0 Å². The Morgan fingerprint density at radius 2 is 1.84 bits per heavy atom. The molecule has 0 saturated carbocycles. The van der Waals surface area contributed by atoms with Crippen LogP contribution < -0.4 is 5.32 Å². The van der Waals surface area contributed by atoms with Crippen molar-refractivity contribution in [3.8, 4) is 0 Å². The van der Waals surface area contributed by atoms with Crippen molar-refractivity contribution in [2.24, 2.45) is 4.99 Å². The minimum Gasteiger partial charge on any atom is -0.385 e. The van der Waals surface area contributed by atoms with Crippen molar-refractivity contribution >= 4 is 35.8 Å². The SMILES string of the molecule is COCCCOC1CCN(C(=NCC(=O)N(C)C)NCCCN2CCOCC2)CC1.I. The minimum absolute atomic E-state index is 0. The molecule has 0 aromatic carbocycles. The first-order valence-corrected chi connectivity index (χ1v) is 11.2. The summed E-state index contributed by atoms with van der Waals surface area (Å²) in [6.45, 7) is 9.02. The van der Waals surface area contributed by atoms with Gasteiger partial charge < -0.3 is 29.3 Å². The second-order valence-corrected chi connectivity index (χ2v) is 8.07.